The predicted octanol–water partition coefficient (Wildman–Crippen LogP) is -0.643. The van der Waals surface area contributed by atoms with E-state index in [0.29, 0.717) is 13.2 Å². The topological polar surface area (TPSA) is 41.5 Å². The third kappa shape index (κ3) is 1.23. The Balaban J connectivity index is 2.28. The van der Waals surface area contributed by atoms with Crippen LogP contribution >= 0.6 is 0 Å². The fraction of sp³-hybridized carbons (Fsp3) is 1.00. The lowest BCUT2D eigenvalue weighted by molar-refractivity contribution is -0.0963. The number of hydrogen-bond acceptors (Lipinski definition) is 3. The lowest BCUT2D eigenvalue weighted by atomic mass is 9.99. The fourth-order valence-corrected chi connectivity index (χ4v) is 0.973. The molecule has 54 valence electrons. The van der Waals surface area contributed by atoms with Crippen molar-refractivity contribution in [2.45, 2.75) is 12.5 Å². The third-order valence-electron chi connectivity index (χ3n) is 1.61. The summed E-state index contributed by atoms with van der Waals surface area (Å²) in [4.78, 5) is 0. The molecule has 0 unspecified atom stereocenters. The molecule has 2 N–H and O–H groups in total. The molecule has 0 spiro atoms. The first-order valence-corrected chi connectivity index (χ1v) is 3.26. The van der Waals surface area contributed by atoms with E-state index in [1.54, 1.807) is 0 Å². The van der Waals surface area contributed by atoms with Gasteiger partial charge in [-0.15, -0.1) is 0 Å². The van der Waals surface area contributed by atoms with Crippen LogP contribution in [0.5, 0.6) is 0 Å². The van der Waals surface area contributed by atoms with Gasteiger partial charge in [0.2, 0.25) is 0 Å². The minimum absolute atomic E-state index is 0.102. The first-order chi connectivity index (χ1) is 4.33. The van der Waals surface area contributed by atoms with E-state index in [0.717, 1.165) is 6.54 Å². The average molecular weight is 131 g/mol. The van der Waals surface area contributed by atoms with Crippen molar-refractivity contribution in [3.8, 4) is 0 Å². The van der Waals surface area contributed by atoms with Gasteiger partial charge in [-0.25, -0.2) is 0 Å². The molecule has 0 saturated carbocycles. The summed E-state index contributed by atoms with van der Waals surface area (Å²) >= 11 is 0. The zero-order valence-electron chi connectivity index (χ0n) is 5.68. The molecule has 0 amide bonds. The van der Waals surface area contributed by atoms with Crippen LogP contribution in [0, 0.1) is 0 Å². The number of aliphatic hydroxyl groups is 1. The van der Waals surface area contributed by atoms with Gasteiger partial charge in [-0.3, -0.25) is 0 Å². The number of likely N-dealkylation sites (N-methyl/N-ethyl adjacent to an activating group) is 1. The predicted molar refractivity (Wildman–Crippen MR) is 34.3 cm³/mol. The Kier molecular flexibility index (Phi) is 2.05. The summed E-state index contributed by atoms with van der Waals surface area (Å²) in [6, 6.07) is 0. The van der Waals surface area contributed by atoms with Crippen LogP contribution in [-0.2, 0) is 4.74 Å². The minimum atomic E-state index is -0.102. The maximum atomic E-state index is 8.83. The molecule has 1 rings (SSSR count). The van der Waals surface area contributed by atoms with Gasteiger partial charge in [0.25, 0.3) is 0 Å². The molecule has 9 heavy (non-hydrogen) atoms. The van der Waals surface area contributed by atoms with E-state index in [1.165, 1.54) is 0 Å². The smallest absolute Gasteiger partial charge is 0.0887 e. The van der Waals surface area contributed by atoms with Gasteiger partial charge in [-0.2, -0.15) is 0 Å². The Morgan fingerprint density at radius 2 is 2.33 bits per heavy atom. The van der Waals surface area contributed by atoms with Crippen molar-refractivity contribution in [1.82, 2.24) is 5.32 Å². The van der Waals surface area contributed by atoms with Crippen molar-refractivity contribution >= 4 is 0 Å². The molecule has 1 heterocycles. The maximum Gasteiger partial charge on any atom is 0.0887 e. The zero-order chi connectivity index (χ0) is 6.74. The molecule has 1 fully saturated rings. The number of rotatable bonds is 3. The summed E-state index contributed by atoms with van der Waals surface area (Å²) in [7, 11) is 0. The summed E-state index contributed by atoms with van der Waals surface area (Å²) in [5.74, 6) is 0. The Bertz CT molecular complexity index is 85.5. The first-order valence-electron chi connectivity index (χ1n) is 3.26. The fourth-order valence-electron chi connectivity index (χ4n) is 0.973. The van der Waals surface area contributed by atoms with E-state index >= 15 is 0 Å². The van der Waals surface area contributed by atoms with E-state index in [2.05, 4.69) is 5.32 Å². The second-order valence-electron chi connectivity index (χ2n) is 2.46. The second-order valence-corrected chi connectivity index (χ2v) is 2.46. The van der Waals surface area contributed by atoms with Gasteiger partial charge in [0.1, 0.15) is 0 Å². The van der Waals surface area contributed by atoms with Crippen LogP contribution in [0.1, 0.15) is 6.92 Å². The molecule has 3 heteroatoms. The molecule has 1 aliphatic rings. The molecule has 3 nitrogen and oxygen atoms in total. The molecule has 1 saturated heterocycles. The highest BCUT2D eigenvalue weighted by Gasteiger charge is 2.36. The quantitative estimate of drug-likeness (QED) is 0.535. The van der Waals surface area contributed by atoms with Crippen molar-refractivity contribution in [1.29, 1.82) is 0 Å². The molecule has 0 aromatic carbocycles. The lowest BCUT2D eigenvalue weighted by Crippen LogP contribution is -2.62. The summed E-state index contributed by atoms with van der Waals surface area (Å²) in [6.07, 6.45) is 0. The van der Waals surface area contributed by atoms with Crippen molar-refractivity contribution in [2.75, 3.05) is 26.4 Å². The molecule has 0 bridgehead atoms. The normalized spacial score (nSPS) is 23.3. The monoisotopic (exact) mass is 131 g/mol. The maximum absolute atomic E-state index is 8.83. The molecular formula is C6H13NO2. The highest BCUT2D eigenvalue weighted by Crippen LogP contribution is 2.14. The van der Waals surface area contributed by atoms with Gasteiger partial charge in [-0.1, -0.05) is 6.92 Å². The third-order valence-corrected chi connectivity index (χ3v) is 1.61. The number of nitrogens with one attached hydrogen (secondary N) is 1. The van der Waals surface area contributed by atoms with Crippen LogP contribution in [0.25, 0.3) is 0 Å². The van der Waals surface area contributed by atoms with Crippen LogP contribution in [0.2, 0.25) is 0 Å². The Hall–Kier alpha value is -0.120. The van der Waals surface area contributed by atoms with Crippen LogP contribution < -0.4 is 5.32 Å². The molecule has 0 atom stereocenters. The first kappa shape index (κ1) is 6.99. The Morgan fingerprint density at radius 1 is 1.67 bits per heavy atom. The van der Waals surface area contributed by atoms with Gasteiger partial charge in [0, 0.05) is 0 Å². The van der Waals surface area contributed by atoms with Crippen molar-refractivity contribution < 1.29 is 9.84 Å². The van der Waals surface area contributed by atoms with Crippen LogP contribution in [-0.4, -0.2) is 37.0 Å². The summed E-state index contributed by atoms with van der Waals surface area (Å²) < 4.78 is 4.96. The standard InChI is InChI=1S/C6H13NO2/c1-2-7-6(3-8)4-9-5-6/h7-8H,2-5H2,1H3. The van der Waals surface area contributed by atoms with E-state index < -0.39 is 0 Å². The lowest BCUT2D eigenvalue weighted by Gasteiger charge is -2.40. The molecule has 1 aliphatic heterocycles. The highest BCUT2D eigenvalue weighted by atomic mass is 16.5. The molecular weight excluding hydrogens is 118 g/mol. The summed E-state index contributed by atoms with van der Waals surface area (Å²) in [5.41, 5.74) is -0.102. The van der Waals surface area contributed by atoms with Gasteiger partial charge < -0.3 is 15.2 Å². The van der Waals surface area contributed by atoms with Crippen LogP contribution in [0.15, 0.2) is 0 Å². The van der Waals surface area contributed by atoms with E-state index in [9.17, 15) is 0 Å². The number of hydrogen-bond donors (Lipinski definition) is 2. The number of ether oxygens (including phenoxy) is 1. The van der Waals surface area contributed by atoms with Crippen LogP contribution in [0.3, 0.4) is 0 Å². The van der Waals surface area contributed by atoms with Crippen molar-refractivity contribution in [3.05, 3.63) is 0 Å². The summed E-state index contributed by atoms with van der Waals surface area (Å²) in [5, 5.41) is 12.0. The van der Waals surface area contributed by atoms with E-state index in [4.69, 9.17) is 9.84 Å². The minimum Gasteiger partial charge on any atom is -0.394 e. The Morgan fingerprint density at radius 3 is 2.44 bits per heavy atom. The largest absolute Gasteiger partial charge is 0.394 e. The molecule has 0 aliphatic carbocycles. The Labute approximate surface area is 55.0 Å². The van der Waals surface area contributed by atoms with E-state index in [1.807, 2.05) is 6.92 Å². The van der Waals surface area contributed by atoms with Gasteiger partial charge >= 0.3 is 0 Å². The van der Waals surface area contributed by atoms with Crippen LogP contribution in [0.4, 0.5) is 0 Å². The van der Waals surface area contributed by atoms with Gasteiger partial charge in [0.05, 0.1) is 25.4 Å². The summed E-state index contributed by atoms with van der Waals surface area (Å²) in [6.45, 7) is 4.40. The SMILES string of the molecule is CCNC1(CO)COC1. The average Bonchev–Trinajstić information content (AvgIpc) is 1.79. The van der Waals surface area contributed by atoms with E-state index in [-0.39, 0.29) is 12.1 Å². The zero-order valence-corrected chi connectivity index (χ0v) is 5.68. The van der Waals surface area contributed by atoms with Gasteiger partial charge in [-0.05, 0) is 6.54 Å². The molecule has 0 aromatic heterocycles. The molecule has 0 radical (unpaired) electrons. The highest BCUT2D eigenvalue weighted by molar-refractivity contribution is 4.93. The van der Waals surface area contributed by atoms with Crippen molar-refractivity contribution in [3.63, 3.8) is 0 Å². The molecule has 0 aromatic rings. The number of aliphatic hydroxyl groups excluding tert-OH is 1. The van der Waals surface area contributed by atoms with Crippen molar-refractivity contribution in [2.24, 2.45) is 0 Å². The van der Waals surface area contributed by atoms with Gasteiger partial charge in [0.15, 0.2) is 0 Å². The second kappa shape index (κ2) is 2.64.